The van der Waals surface area contributed by atoms with Crippen LogP contribution in [0.15, 0.2) is 29.4 Å². The second kappa shape index (κ2) is 5.97. The fraction of sp³-hybridized carbons (Fsp3) is 0.250. The molecule has 1 fully saturated rings. The molecule has 0 atom stereocenters. The van der Waals surface area contributed by atoms with E-state index in [-0.39, 0.29) is 5.91 Å². The first kappa shape index (κ1) is 13.0. The molecule has 1 aliphatic heterocycles. The van der Waals surface area contributed by atoms with Crippen LogP contribution in [0.5, 0.6) is 5.75 Å². The maximum atomic E-state index is 11.5. The van der Waals surface area contributed by atoms with Crippen LogP contribution >= 0.6 is 24.0 Å². The molecule has 4 nitrogen and oxygen atoms in total. The molecule has 0 aliphatic carbocycles. The van der Waals surface area contributed by atoms with Gasteiger partial charge in [0.1, 0.15) is 5.75 Å². The number of carbonyl (C=O) groups excluding carboxylic acids is 1. The van der Waals surface area contributed by atoms with Gasteiger partial charge in [-0.2, -0.15) is 10.1 Å². The highest BCUT2D eigenvalue weighted by atomic mass is 32.2. The zero-order valence-electron chi connectivity index (χ0n) is 9.83. The maximum absolute atomic E-state index is 11.5. The summed E-state index contributed by atoms with van der Waals surface area (Å²) in [5, 5.41) is 5.37. The summed E-state index contributed by atoms with van der Waals surface area (Å²) in [5.41, 5.74) is 0.826. The van der Waals surface area contributed by atoms with E-state index < -0.39 is 0 Å². The smallest absolute Gasteiger partial charge is 0.259 e. The first-order valence-corrected chi connectivity index (χ1v) is 6.87. The van der Waals surface area contributed by atoms with Crippen LogP contribution in [0, 0.1) is 0 Å². The molecule has 0 aromatic heterocycles. The number of rotatable bonds is 4. The van der Waals surface area contributed by atoms with E-state index in [4.69, 9.17) is 17.0 Å². The van der Waals surface area contributed by atoms with Gasteiger partial charge in [0.25, 0.3) is 5.91 Å². The van der Waals surface area contributed by atoms with Crippen LogP contribution in [0.3, 0.4) is 0 Å². The van der Waals surface area contributed by atoms with E-state index in [9.17, 15) is 4.79 Å². The zero-order valence-corrected chi connectivity index (χ0v) is 11.5. The molecule has 0 unspecified atom stereocenters. The molecule has 1 amide bonds. The largest absolute Gasteiger partial charge is 0.493 e. The monoisotopic (exact) mass is 280 g/mol. The summed E-state index contributed by atoms with van der Waals surface area (Å²) < 4.78 is 5.96. The molecule has 1 aromatic carbocycles. The molecule has 94 valence electrons. The predicted molar refractivity (Wildman–Crippen MR) is 77.1 cm³/mol. The lowest BCUT2D eigenvalue weighted by Crippen LogP contribution is -2.22. The second-order valence-electron chi connectivity index (χ2n) is 3.48. The molecule has 0 bridgehead atoms. The number of hydrazone groups is 1. The molecule has 0 N–H and O–H groups in total. The zero-order chi connectivity index (χ0) is 13.0. The van der Waals surface area contributed by atoms with Crippen molar-refractivity contribution in [2.24, 2.45) is 5.10 Å². The lowest BCUT2D eigenvalue weighted by Gasteiger charge is -2.08. The maximum Gasteiger partial charge on any atom is 0.259 e. The van der Waals surface area contributed by atoms with Crippen molar-refractivity contribution >= 4 is 40.4 Å². The number of carbonyl (C=O) groups is 1. The summed E-state index contributed by atoms with van der Waals surface area (Å²) >= 11 is 6.37. The fourth-order valence-corrected chi connectivity index (χ4v) is 2.42. The van der Waals surface area contributed by atoms with Crippen LogP contribution in [0.2, 0.25) is 0 Å². The van der Waals surface area contributed by atoms with Crippen molar-refractivity contribution in [3.8, 4) is 5.75 Å². The highest BCUT2D eigenvalue weighted by molar-refractivity contribution is 8.23. The van der Waals surface area contributed by atoms with E-state index in [1.807, 2.05) is 31.2 Å². The lowest BCUT2D eigenvalue weighted by atomic mass is 10.2. The van der Waals surface area contributed by atoms with E-state index >= 15 is 0 Å². The van der Waals surface area contributed by atoms with Crippen LogP contribution < -0.4 is 4.74 Å². The van der Waals surface area contributed by atoms with Crippen molar-refractivity contribution in [2.45, 2.75) is 6.92 Å². The Morgan fingerprint density at radius 2 is 2.33 bits per heavy atom. The molecule has 1 heterocycles. The number of thioether (sulfide) groups is 1. The topological polar surface area (TPSA) is 41.9 Å². The number of amides is 1. The van der Waals surface area contributed by atoms with Crippen molar-refractivity contribution in [2.75, 3.05) is 12.4 Å². The third-order valence-corrected chi connectivity index (χ3v) is 3.60. The summed E-state index contributed by atoms with van der Waals surface area (Å²) in [6.45, 7) is 2.51. The average Bonchev–Trinajstić information content (AvgIpc) is 2.69. The van der Waals surface area contributed by atoms with Crippen LogP contribution in [-0.4, -0.2) is 33.8 Å². The molecule has 0 spiro atoms. The van der Waals surface area contributed by atoms with Crippen molar-refractivity contribution in [1.29, 1.82) is 0 Å². The molecular weight excluding hydrogens is 268 g/mol. The minimum Gasteiger partial charge on any atom is -0.493 e. The Morgan fingerprint density at radius 1 is 1.56 bits per heavy atom. The summed E-state index contributed by atoms with van der Waals surface area (Å²) in [6.07, 6.45) is 1.60. The number of nitrogens with zero attached hydrogens (tertiary/aromatic N) is 2. The van der Waals surface area contributed by atoms with Gasteiger partial charge in [-0.1, -0.05) is 36.1 Å². The van der Waals surface area contributed by atoms with E-state index in [0.717, 1.165) is 11.3 Å². The van der Waals surface area contributed by atoms with E-state index in [1.54, 1.807) is 6.21 Å². The van der Waals surface area contributed by atoms with Gasteiger partial charge in [-0.3, -0.25) is 4.79 Å². The van der Waals surface area contributed by atoms with Gasteiger partial charge in [0.15, 0.2) is 4.32 Å². The van der Waals surface area contributed by atoms with Gasteiger partial charge < -0.3 is 4.74 Å². The van der Waals surface area contributed by atoms with Gasteiger partial charge in [-0.15, -0.1) is 0 Å². The summed E-state index contributed by atoms with van der Waals surface area (Å²) in [5.74, 6) is 1.02. The minimum absolute atomic E-state index is 0.0878. The number of hydrogen-bond acceptors (Lipinski definition) is 5. The predicted octanol–water partition coefficient (Wildman–Crippen LogP) is 2.28. The first-order valence-electron chi connectivity index (χ1n) is 5.48. The summed E-state index contributed by atoms with van der Waals surface area (Å²) in [6, 6.07) is 7.53. The van der Waals surface area contributed by atoms with Gasteiger partial charge in [-0.05, 0) is 19.1 Å². The molecule has 2 rings (SSSR count). The van der Waals surface area contributed by atoms with E-state index in [1.165, 1.54) is 16.8 Å². The Balaban J connectivity index is 2.18. The number of para-hydroxylation sites is 1. The van der Waals surface area contributed by atoms with Crippen molar-refractivity contribution in [1.82, 2.24) is 5.01 Å². The molecule has 6 heteroatoms. The van der Waals surface area contributed by atoms with Crippen LogP contribution in [0.25, 0.3) is 0 Å². The van der Waals surface area contributed by atoms with Crippen LogP contribution in [0.1, 0.15) is 12.5 Å². The molecule has 1 aliphatic rings. The third kappa shape index (κ3) is 2.88. The number of hydrogen-bond donors (Lipinski definition) is 0. The Labute approximate surface area is 115 Å². The Bertz CT molecular complexity index is 487. The van der Waals surface area contributed by atoms with Crippen LogP contribution in [-0.2, 0) is 4.79 Å². The van der Waals surface area contributed by atoms with Gasteiger partial charge in [0.2, 0.25) is 0 Å². The Morgan fingerprint density at radius 3 is 3.00 bits per heavy atom. The number of benzene rings is 1. The molecule has 0 saturated carbocycles. The summed E-state index contributed by atoms with van der Waals surface area (Å²) in [7, 11) is 0. The molecule has 18 heavy (non-hydrogen) atoms. The van der Waals surface area contributed by atoms with Gasteiger partial charge in [0, 0.05) is 5.56 Å². The van der Waals surface area contributed by atoms with Gasteiger partial charge in [0.05, 0.1) is 18.6 Å². The molecule has 0 radical (unpaired) electrons. The summed E-state index contributed by atoms with van der Waals surface area (Å²) in [4.78, 5) is 11.5. The molecular formula is C12H12N2O2S2. The van der Waals surface area contributed by atoms with Gasteiger partial charge >= 0.3 is 0 Å². The van der Waals surface area contributed by atoms with Crippen LogP contribution in [0.4, 0.5) is 0 Å². The molecule has 1 aromatic rings. The minimum atomic E-state index is -0.0878. The normalized spacial score (nSPS) is 15.7. The molecule has 1 saturated heterocycles. The number of thiocarbonyl (C=S) groups is 1. The highest BCUT2D eigenvalue weighted by Crippen LogP contribution is 2.20. The van der Waals surface area contributed by atoms with Gasteiger partial charge in [-0.25, -0.2) is 0 Å². The second-order valence-corrected chi connectivity index (χ2v) is 5.08. The van der Waals surface area contributed by atoms with E-state index in [0.29, 0.717) is 16.7 Å². The lowest BCUT2D eigenvalue weighted by molar-refractivity contribution is -0.123. The first-order chi connectivity index (χ1) is 8.72. The Hall–Kier alpha value is -1.40. The SMILES string of the molecule is CCOc1ccccc1/C=N\N1C(=O)CSC1=S. The van der Waals surface area contributed by atoms with Crippen molar-refractivity contribution in [3.63, 3.8) is 0 Å². The Kier molecular flexibility index (Phi) is 4.33. The quantitative estimate of drug-likeness (QED) is 0.627. The fourth-order valence-electron chi connectivity index (χ4n) is 1.45. The average molecular weight is 280 g/mol. The number of ether oxygens (including phenoxy) is 1. The van der Waals surface area contributed by atoms with Crippen molar-refractivity contribution in [3.05, 3.63) is 29.8 Å². The van der Waals surface area contributed by atoms with Crippen molar-refractivity contribution < 1.29 is 9.53 Å². The standard InChI is InChI=1S/C12H12N2O2S2/c1-2-16-10-6-4-3-5-9(10)7-13-14-11(15)8-18-12(14)17/h3-7H,2,8H2,1H3/b13-7-. The highest BCUT2D eigenvalue weighted by Gasteiger charge is 2.25. The third-order valence-electron chi connectivity index (χ3n) is 2.26. The van der Waals surface area contributed by atoms with E-state index in [2.05, 4.69) is 5.10 Å².